The average molecular weight is 334 g/mol. The van der Waals surface area contributed by atoms with Crippen molar-refractivity contribution in [3.8, 4) is 17.5 Å². The Morgan fingerprint density at radius 1 is 1.44 bits per heavy atom. The van der Waals surface area contributed by atoms with Gasteiger partial charge in [0.25, 0.3) is 0 Å². The van der Waals surface area contributed by atoms with E-state index in [1.807, 2.05) is 41.9 Å². The first-order chi connectivity index (χ1) is 7.70. The van der Waals surface area contributed by atoms with E-state index in [0.717, 1.165) is 0 Å². The van der Waals surface area contributed by atoms with Crippen LogP contribution in [-0.4, -0.2) is 24.1 Å². The van der Waals surface area contributed by atoms with Gasteiger partial charge in [0, 0.05) is 13.2 Å². The zero-order chi connectivity index (χ0) is 11.5. The Kier molecular flexibility index (Phi) is 3.32. The predicted octanol–water partition coefficient (Wildman–Crippen LogP) is 1.79. The van der Waals surface area contributed by atoms with Crippen molar-refractivity contribution in [3.05, 3.63) is 24.4 Å². The first-order valence-corrected chi connectivity index (χ1v) is 5.95. The normalized spacial score (nSPS) is 10.4. The number of rotatable bonds is 3. The summed E-state index contributed by atoms with van der Waals surface area (Å²) in [4.78, 5) is 11.1. The molecule has 7 heteroatoms. The molecule has 16 heavy (non-hydrogen) atoms. The van der Waals surface area contributed by atoms with E-state index in [0.29, 0.717) is 10.3 Å². The number of aromatic nitrogens is 4. The van der Waals surface area contributed by atoms with Gasteiger partial charge in [0.05, 0.1) is 5.69 Å². The van der Waals surface area contributed by atoms with E-state index in [1.54, 1.807) is 10.6 Å². The third-order valence-electron chi connectivity index (χ3n) is 1.94. The van der Waals surface area contributed by atoms with Crippen LogP contribution in [0.2, 0.25) is 0 Å². The largest absolute Gasteiger partial charge is 0.453 e. The van der Waals surface area contributed by atoms with Gasteiger partial charge in [0.1, 0.15) is 4.61 Å². The number of aryl methyl sites for hydroxylation is 1. The van der Waals surface area contributed by atoms with Crippen molar-refractivity contribution in [3.63, 3.8) is 0 Å². The first-order valence-electron chi connectivity index (χ1n) is 4.43. The second kappa shape index (κ2) is 4.73. The van der Waals surface area contributed by atoms with Crippen molar-refractivity contribution in [2.75, 3.05) is 4.61 Å². The van der Waals surface area contributed by atoms with E-state index < -0.39 is 6.08 Å². The molecule has 0 saturated heterocycles. The lowest BCUT2D eigenvalue weighted by atomic mass is 10.4. The number of alkyl halides is 1. The van der Waals surface area contributed by atoms with E-state index in [-0.39, 0.29) is 11.8 Å². The Labute approximate surface area is 105 Å². The molecule has 0 atom stereocenters. The van der Waals surface area contributed by atoms with Gasteiger partial charge in [-0.05, 0) is 34.7 Å². The van der Waals surface area contributed by atoms with Crippen molar-refractivity contribution in [2.45, 2.75) is 0 Å². The first kappa shape index (κ1) is 11.2. The molecule has 0 unspecified atom stereocenters. The van der Waals surface area contributed by atoms with E-state index in [4.69, 9.17) is 4.74 Å². The maximum Gasteiger partial charge on any atom is 0.323 e. The highest BCUT2D eigenvalue weighted by molar-refractivity contribution is 14.1. The molecule has 0 saturated carbocycles. The molecule has 0 N–H and O–H groups in total. The van der Waals surface area contributed by atoms with Gasteiger partial charge in [-0.25, -0.2) is 0 Å². The van der Waals surface area contributed by atoms with Gasteiger partial charge >= 0.3 is 12.1 Å². The molecule has 5 nitrogen and oxygen atoms in total. The van der Waals surface area contributed by atoms with Crippen LogP contribution in [0.15, 0.2) is 18.3 Å². The molecular formula is C9H8FIN4O. The fourth-order valence-electron chi connectivity index (χ4n) is 1.25. The molecule has 2 aromatic rings. The third kappa shape index (κ3) is 2.29. The molecule has 0 aliphatic rings. The molecule has 0 aromatic carbocycles. The highest BCUT2D eigenvalue weighted by Gasteiger charge is 2.10. The topological polar surface area (TPSA) is 52.8 Å². The zero-order valence-corrected chi connectivity index (χ0v) is 10.5. The van der Waals surface area contributed by atoms with Gasteiger partial charge in [0.15, 0.2) is 5.82 Å². The minimum atomic E-state index is -0.842. The minimum Gasteiger partial charge on any atom is -0.453 e. The van der Waals surface area contributed by atoms with Crippen molar-refractivity contribution in [1.82, 2.24) is 19.5 Å². The quantitative estimate of drug-likeness (QED) is 0.634. The average Bonchev–Trinajstić information content (AvgIpc) is 2.64. The number of hydrogen-bond donors (Lipinski definition) is 0. The van der Waals surface area contributed by atoms with E-state index in [1.165, 1.54) is 0 Å². The highest BCUT2D eigenvalue weighted by Crippen LogP contribution is 2.16. The smallest absolute Gasteiger partial charge is 0.323 e. The monoisotopic (exact) mass is 334 g/mol. The fourth-order valence-corrected chi connectivity index (χ4v) is 1.53. The highest BCUT2D eigenvalue weighted by atomic mass is 127. The SMILES string of the molecule is Cn1cccc1-c1nc(F)nc(OCI)n1. The Bertz CT molecular complexity index is 502. The summed E-state index contributed by atoms with van der Waals surface area (Å²) in [6, 6.07) is 3.62. The second-order valence-electron chi connectivity index (χ2n) is 2.97. The summed E-state index contributed by atoms with van der Waals surface area (Å²) in [6.45, 7) is 0. The standard InChI is InChI=1S/C9H8FIN4O/c1-15-4-2-3-6(15)7-12-8(10)14-9(13-7)16-5-11/h2-4H,5H2,1H3. The molecule has 0 radical (unpaired) electrons. The molecule has 0 fully saturated rings. The van der Waals surface area contributed by atoms with Crippen LogP contribution in [0, 0.1) is 6.08 Å². The van der Waals surface area contributed by atoms with Crippen LogP contribution in [-0.2, 0) is 7.05 Å². The van der Waals surface area contributed by atoms with Crippen molar-refractivity contribution in [1.29, 1.82) is 0 Å². The fraction of sp³-hybridized carbons (Fsp3) is 0.222. The van der Waals surface area contributed by atoms with Crippen LogP contribution in [0.1, 0.15) is 0 Å². The third-order valence-corrected chi connectivity index (χ3v) is 2.26. The van der Waals surface area contributed by atoms with Gasteiger partial charge in [-0.3, -0.25) is 0 Å². The number of halogens is 2. The molecule has 2 aromatic heterocycles. The van der Waals surface area contributed by atoms with Crippen LogP contribution in [0.4, 0.5) is 4.39 Å². The summed E-state index contributed by atoms with van der Waals surface area (Å²) < 4.78 is 20.3. The molecule has 0 bridgehead atoms. The van der Waals surface area contributed by atoms with Crippen LogP contribution in [0.25, 0.3) is 11.5 Å². The summed E-state index contributed by atoms with van der Waals surface area (Å²) >= 11 is 1.98. The zero-order valence-electron chi connectivity index (χ0n) is 8.39. The number of hydrogen-bond acceptors (Lipinski definition) is 4. The van der Waals surface area contributed by atoms with Gasteiger partial charge < -0.3 is 9.30 Å². The minimum absolute atomic E-state index is 0.00176. The van der Waals surface area contributed by atoms with Crippen molar-refractivity contribution >= 4 is 22.6 Å². The van der Waals surface area contributed by atoms with Crippen LogP contribution >= 0.6 is 22.6 Å². The number of nitrogens with zero attached hydrogens (tertiary/aromatic N) is 4. The molecule has 2 heterocycles. The molecule has 0 aliphatic carbocycles. The maximum atomic E-state index is 13.1. The lowest BCUT2D eigenvalue weighted by molar-refractivity contribution is 0.355. The van der Waals surface area contributed by atoms with Gasteiger partial charge in [-0.1, -0.05) is 0 Å². The van der Waals surface area contributed by atoms with Gasteiger partial charge in [-0.2, -0.15) is 14.4 Å². The van der Waals surface area contributed by atoms with Crippen LogP contribution < -0.4 is 4.74 Å². The van der Waals surface area contributed by atoms with Gasteiger partial charge in [-0.15, -0.1) is 4.98 Å². The Morgan fingerprint density at radius 2 is 2.25 bits per heavy atom. The predicted molar refractivity (Wildman–Crippen MR) is 63.7 cm³/mol. The molecule has 0 spiro atoms. The van der Waals surface area contributed by atoms with Crippen molar-refractivity contribution in [2.24, 2.45) is 7.05 Å². The Balaban J connectivity index is 2.45. The maximum absolute atomic E-state index is 13.1. The summed E-state index contributed by atoms with van der Waals surface area (Å²) in [6.07, 6.45) is 0.988. The summed E-state index contributed by atoms with van der Waals surface area (Å²) in [5.41, 5.74) is 0.708. The van der Waals surface area contributed by atoms with E-state index in [9.17, 15) is 4.39 Å². The second-order valence-corrected chi connectivity index (χ2v) is 3.59. The van der Waals surface area contributed by atoms with Crippen molar-refractivity contribution < 1.29 is 9.13 Å². The van der Waals surface area contributed by atoms with E-state index in [2.05, 4.69) is 15.0 Å². The molecular weight excluding hydrogens is 326 g/mol. The van der Waals surface area contributed by atoms with E-state index >= 15 is 0 Å². The Morgan fingerprint density at radius 3 is 2.88 bits per heavy atom. The molecule has 2 rings (SSSR count). The van der Waals surface area contributed by atoms with Crippen LogP contribution in [0.5, 0.6) is 6.01 Å². The summed E-state index contributed by atoms with van der Waals surface area (Å²) in [5.74, 6) is 0.264. The summed E-state index contributed by atoms with van der Waals surface area (Å²) in [5, 5.41) is 0. The lowest BCUT2D eigenvalue weighted by Crippen LogP contribution is -2.04. The Hall–Kier alpha value is -1.25. The molecule has 0 amide bonds. The lowest BCUT2D eigenvalue weighted by Gasteiger charge is -2.04. The number of ether oxygens (including phenoxy) is 1. The summed E-state index contributed by atoms with van der Waals surface area (Å²) in [7, 11) is 1.83. The molecule has 84 valence electrons. The van der Waals surface area contributed by atoms with Crippen LogP contribution in [0.3, 0.4) is 0 Å². The molecule has 0 aliphatic heterocycles. The van der Waals surface area contributed by atoms with Gasteiger partial charge in [0.2, 0.25) is 0 Å².